The highest BCUT2D eigenvalue weighted by molar-refractivity contribution is 5.36. The Hall–Kier alpha value is -2.16. The van der Waals surface area contributed by atoms with Gasteiger partial charge in [0.2, 0.25) is 0 Å². The maximum atomic E-state index is 10.6. The van der Waals surface area contributed by atoms with Gasteiger partial charge in [0.05, 0.1) is 4.92 Å². The molecule has 0 N–H and O–H groups in total. The highest BCUT2D eigenvalue weighted by Crippen LogP contribution is 2.18. The van der Waals surface area contributed by atoms with Gasteiger partial charge < -0.3 is 0 Å². The Morgan fingerprint density at radius 3 is 1.84 bits per heavy atom. The Morgan fingerprint density at radius 1 is 0.947 bits per heavy atom. The molecule has 2 rings (SSSR count). The topological polar surface area (TPSA) is 43.1 Å². The number of nitrogens with zero attached hydrogens (tertiary/aromatic N) is 1. The predicted molar refractivity (Wildman–Crippen MR) is 76.4 cm³/mol. The van der Waals surface area contributed by atoms with Crippen molar-refractivity contribution in [3.8, 4) is 0 Å². The number of hydrogen-bond donors (Lipinski definition) is 0. The highest BCUT2D eigenvalue weighted by atomic mass is 16.6. The van der Waals surface area contributed by atoms with E-state index in [1.54, 1.807) is 12.1 Å². The van der Waals surface area contributed by atoms with Gasteiger partial charge in [-0.15, -0.1) is 0 Å². The van der Waals surface area contributed by atoms with Crippen molar-refractivity contribution in [2.75, 3.05) is 0 Å². The molecule has 0 aliphatic carbocycles. The van der Waals surface area contributed by atoms with Crippen LogP contribution in [0.25, 0.3) is 0 Å². The van der Waals surface area contributed by atoms with Crippen LogP contribution in [0.3, 0.4) is 0 Å². The van der Waals surface area contributed by atoms with Gasteiger partial charge in [0.25, 0.3) is 5.69 Å². The van der Waals surface area contributed by atoms with E-state index in [2.05, 4.69) is 38.1 Å². The van der Waals surface area contributed by atoms with Crippen LogP contribution in [0.1, 0.15) is 36.5 Å². The van der Waals surface area contributed by atoms with Gasteiger partial charge in [-0.1, -0.05) is 50.2 Å². The van der Waals surface area contributed by atoms with E-state index in [9.17, 15) is 10.1 Å². The number of hydrogen-bond acceptors (Lipinski definition) is 2. The van der Waals surface area contributed by atoms with Gasteiger partial charge in [-0.05, 0) is 29.0 Å². The van der Waals surface area contributed by atoms with Crippen molar-refractivity contribution in [1.82, 2.24) is 0 Å². The monoisotopic (exact) mass is 255 g/mol. The minimum absolute atomic E-state index is 0.138. The lowest BCUT2D eigenvalue weighted by Gasteiger charge is -2.07. The number of benzene rings is 2. The summed E-state index contributed by atoms with van der Waals surface area (Å²) in [5.74, 6) is 0.536. The van der Waals surface area contributed by atoms with E-state index in [1.807, 2.05) is 12.1 Å². The first-order valence-corrected chi connectivity index (χ1v) is 6.38. The number of non-ortho nitro benzene ring substituents is 1. The van der Waals surface area contributed by atoms with Crippen LogP contribution in [0.15, 0.2) is 48.5 Å². The number of nitro benzene ring substituents is 1. The molecule has 3 nitrogen and oxygen atoms in total. The van der Waals surface area contributed by atoms with E-state index in [1.165, 1.54) is 11.1 Å². The van der Waals surface area contributed by atoms with Crippen molar-refractivity contribution < 1.29 is 4.92 Å². The molecule has 0 amide bonds. The molecular weight excluding hydrogens is 238 g/mol. The van der Waals surface area contributed by atoms with E-state index in [0.717, 1.165) is 12.0 Å². The van der Waals surface area contributed by atoms with E-state index >= 15 is 0 Å². The Kier molecular flexibility index (Phi) is 3.95. The summed E-state index contributed by atoms with van der Waals surface area (Å²) in [6.07, 6.45) is 0.802. The summed E-state index contributed by atoms with van der Waals surface area (Å²) in [5.41, 5.74) is 3.77. The van der Waals surface area contributed by atoms with Gasteiger partial charge in [-0.25, -0.2) is 0 Å². The molecule has 0 spiro atoms. The molecule has 3 heteroatoms. The highest BCUT2D eigenvalue weighted by Gasteiger charge is 2.04. The quantitative estimate of drug-likeness (QED) is 0.603. The molecule has 0 atom stereocenters. The molecule has 0 aliphatic heterocycles. The first-order valence-electron chi connectivity index (χ1n) is 6.38. The van der Waals surface area contributed by atoms with Crippen LogP contribution < -0.4 is 0 Å². The third-order valence-electron chi connectivity index (χ3n) is 3.20. The van der Waals surface area contributed by atoms with Crippen molar-refractivity contribution in [3.63, 3.8) is 0 Å². The Morgan fingerprint density at radius 2 is 1.42 bits per heavy atom. The van der Waals surface area contributed by atoms with E-state index in [-0.39, 0.29) is 10.6 Å². The second-order valence-electron chi connectivity index (χ2n) is 5.00. The van der Waals surface area contributed by atoms with Crippen molar-refractivity contribution in [2.24, 2.45) is 0 Å². The fourth-order valence-corrected chi connectivity index (χ4v) is 1.99. The molecule has 0 saturated carbocycles. The minimum Gasteiger partial charge on any atom is -0.258 e. The summed E-state index contributed by atoms with van der Waals surface area (Å²) in [4.78, 5) is 10.2. The lowest BCUT2D eigenvalue weighted by Crippen LogP contribution is -1.92. The van der Waals surface area contributed by atoms with Crippen molar-refractivity contribution in [3.05, 3.63) is 75.3 Å². The zero-order valence-electron chi connectivity index (χ0n) is 11.2. The zero-order valence-corrected chi connectivity index (χ0v) is 11.2. The molecule has 2 aromatic carbocycles. The van der Waals surface area contributed by atoms with Gasteiger partial charge in [-0.2, -0.15) is 0 Å². The van der Waals surface area contributed by atoms with Crippen LogP contribution in [-0.2, 0) is 6.42 Å². The molecule has 0 aliphatic rings. The molecule has 0 fully saturated rings. The maximum absolute atomic E-state index is 10.6. The van der Waals surface area contributed by atoms with Crippen molar-refractivity contribution in [1.29, 1.82) is 0 Å². The predicted octanol–water partition coefficient (Wildman–Crippen LogP) is 4.31. The summed E-state index contributed by atoms with van der Waals surface area (Å²) in [6, 6.07) is 15.3. The molecule has 19 heavy (non-hydrogen) atoms. The van der Waals surface area contributed by atoms with Crippen LogP contribution in [0.4, 0.5) is 5.69 Å². The van der Waals surface area contributed by atoms with Gasteiger partial charge >= 0.3 is 0 Å². The van der Waals surface area contributed by atoms with Crippen molar-refractivity contribution >= 4 is 5.69 Å². The molecule has 0 saturated heterocycles. The SMILES string of the molecule is CC(C)c1ccc(Cc2ccc([N+](=O)[O-])cc2)cc1. The third kappa shape index (κ3) is 3.41. The fourth-order valence-electron chi connectivity index (χ4n) is 1.99. The van der Waals surface area contributed by atoms with Crippen LogP contribution in [-0.4, -0.2) is 4.92 Å². The van der Waals surface area contributed by atoms with Crippen LogP contribution in [0.2, 0.25) is 0 Å². The molecule has 98 valence electrons. The second-order valence-corrected chi connectivity index (χ2v) is 5.00. The summed E-state index contributed by atoms with van der Waals surface area (Å²) >= 11 is 0. The number of rotatable bonds is 4. The standard InChI is InChI=1S/C16H17NO2/c1-12(2)15-7-3-13(4-8-15)11-14-5-9-16(10-6-14)17(18)19/h3-10,12H,11H2,1-2H3. The third-order valence-corrected chi connectivity index (χ3v) is 3.20. The molecule has 0 radical (unpaired) electrons. The largest absolute Gasteiger partial charge is 0.269 e. The summed E-state index contributed by atoms with van der Waals surface area (Å²) < 4.78 is 0. The maximum Gasteiger partial charge on any atom is 0.269 e. The Labute approximate surface area is 113 Å². The Bertz CT molecular complexity index is 556. The minimum atomic E-state index is -0.374. The molecule has 0 aromatic heterocycles. The molecule has 0 unspecified atom stereocenters. The molecule has 2 aromatic rings. The van der Waals surface area contributed by atoms with Crippen LogP contribution in [0.5, 0.6) is 0 Å². The molecular formula is C16H17NO2. The number of nitro groups is 1. The first-order chi connectivity index (χ1) is 9.06. The normalized spacial score (nSPS) is 10.7. The second kappa shape index (κ2) is 5.65. The lowest BCUT2D eigenvalue weighted by atomic mass is 9.99. The Balaban J connectivity index is 2.10. The van der Waals surface area contributed by atoms with Gasteiger partial charge in [-0.3, -0.25) is 10.1 Å². The summed E-state index contributed by atoms with van der Waals surface area (Å²) in [5, 5.41) is 10.6. The smallest absolute Gasteiger partial charge is 0.258 e. The molecule has 0 heterocycles. The van der Waals surface area contributed by atoms with Gasteiger partial charge in [0.15, 0.2) is 0 Å². The van der Waals surface area contributed by atoms with E-state index in [0.29, 0.717) is 5.92 Å². The first kappa shape index (κ1) is 13.3. The van der Waals surface area contributed by atoms with Crippen LogP contribution in [0, 0.1) is 10.1 Å². The van der Waals surface area contributed by atoms with Gasteiger partial charge in [0.1, 0.15) is 0 Å². The fraction of sp³-hybridized carbons (Fsp3) is 0.250. The van der Waals surface area contributed by atoms with Crippen LogP contribution >= 0.6 is 0 Å². The summed E-state index contributed by atoms with van der Waals surface area (Å²) in [7, 11) is 0. The summed E-state index contributed by atoms with van der Waals surface area (Å²) in [6.45, 7) is 4.34. The average molecular weight is 255 g/mol. The molecule has 0 bridgehead atoms. The van der Waals surface area contributed by atoms with Crippen molar-refractivity contribution in [2.45, 2.75) is 26.2 Å². The lowest BCUT2D eigenvalue weighted by molar-refractivity contribution is -0.384. The average Bonchev–Trinajstić information content (AvgIpc) is 2.40. The van der Waals surface area contributed by atoms with E-state index < -0.39 is 0 Å². The van der Waals surface area contributed by atoms with E-state index in [4.69, 9.17) is 0 Å². The van der Waals surface area contributed by atoms with Gasteiger partial charge in [0, 0.05) is 12.1 Å². The zero-order chi connectivity index (χ0) is 13.8.